The molecule has 0 aliphatic heterocycles. The van der Waals surface area contributed by atoms with Gasteiger partial charge in [-0.2, -0.15) is 18.2 Å². The SMILES string of the molecule is CCOc1cccc(NCc2cc(C(F)(F)F)ccc2Cl)n1. The Morgan fingerprint density at radius 1 is 1.23 bits per heavy atom. The molecule has 2 rings (SSSR count). The topological polar surface area (TPSA) is 34.1 Å². The molecule has 1 N–H and O–H groups in total. The zero-order valence-corrected chi connectivity index (χ0v) is 12.5. The van der Waals surface area contributed by atoms with Gasteiger partial charge in [0, 0.05) is 17.6 Å². The van der Waals surface area contributed by atoms with Crippen molar-refractivity contribution in [2.45, 2.75) is 19.6 Å². The molecule has 0 amide bonds. The summed E-state index contributed by atoms with van der Waals surface area (Å²) in [6.07, 6.45) is -4.40. The molecule has 7 heteroatoms. The molecule has 1 aromatic carbocycles. The fourth-order valence-electron chi connectivity index (χ4n) is 1.81. The monoisotopic (exact) mass is 330 g/mol. The standard InChI is InChI=1S/C15H14ClF3N2O/c1-2-22-14-5-3-4-13(21-14)20-9-10-8-11(15(17,18)19)6-7-12(10)16/h3-8H,2,9H2,1H3,(H,20,21). The molecule has 0 aliphatic carbocycles. The third kappa shape index (κ3) is 4.27. The van der Waals surface area contributed by atoms with Crippen molar-refractivity contribution in [2.75, 3.05) is 11.9 Å². The van der Waals surface area contributed by atoms with Gasteiger partial charge in [0.15, 0.2) is 0 Å². The molecule has 0 atom stereocenters. The highest BCUT2D eigenvalue weighted by Crippen LogP contribution is 2.32. The molecule has 0 unspecified atom stereocenters. The number of anilines is 1. The van der Waals surface area contributed by atoms with E-state index in [2.05, 4.69) is 10.3 Å². The van der Waals surface area contributed by atoms with Gasteiger partial charge < -0.3 is 10.1 Å². The number of rotatable bonds is 5. The lowest BCUT2D eigenvalue weighted by atomic mass is 10.1. The summed E-state index contributed by atoms with van der Waals surface area (Å²) in [5, 5.41) is 3.20. The maximum atomic E-state index is 12.7. The minimum absolute atomic E-state index is 0.130. The van der Waals surface area contributed by atoms with Crippen molar-refractivity contribution in [3.63, 3.8) is 0 Å². The Bertz CT molecular complexity index is 647. The molecule has 1 aromatic heterocycles. The number of alkyl halides is 3. The van der Waals surface area contributed by atoms with E-state index in [9.17, 15) is 13.2 Å². The van der Waals surface area contributed by atoms with Crippen LogP contribution in [0.15, 0.2) is 36.4 Å². The summed E-state index contributed by atoms with van der Waals surface area (Å²) in [5.74, 6) is 0.946. The second-order valence-electron chi connectivity index (χ2n) is 4.45. The third-order valence-corrected chi connectivity index (χ3v) is 3.22. The number of pyridine rings is 1. The number of nitrogens with one attached hydrogen (secondary N) is 1. The lowest BCUT2D eigenvalue weighted by Gasteiger charge is -2.12. The number of benzene rings is 1. The van der Waals surface area contributed by atoms with Gasteiger partial charge in [-0.15, -0.1) is 0 Å². The van der Waals surface area contributed by atoms with Gasteiger partial charge in [0.1, 0.15) is 5.82 Å². The third-order valence-electron chi connectivity index (χ3n) is 2.85. The van der Waals surface area contributed by atoms with Crippen molar-refractivity contribution in [2.24, 2.45) is 0 Å². The van der Waals surface area contributed by atoms with Gasteiger partial charge in [0.2, 0.25) is 5.88 Å². The Hall–Kier alpha value is -1.95. The summed E-state index contributed by atoms with van der Waals surface area (Å²) >= 11 is 5.94. The van der Waals surface area contributed by atoms with Crippen LogP contribution in [0.5, 0.6) is 5.88 Å². The predicted molar refractivity (Wildman–Crippen MR) is 79.2 cm³/mol. The van der Waals surface area contributed by atoms with Crippen molar-refractivity contribution in [1.29, 1.82) is 0 Å². The second-order valence-corrected chi connectivity index (χ2v) is 4.86. The van der Waals surface area contributed by atoms with Crippen LogP contribution in [0.25, 0.3) is 0 Å². The van der Waals surface area contributed by atoms with Gasteiger partial charge in [0.25, 0.3) is 0 Å². The molecule has 0 fully saturated rings. The Labute approximate surface area is 131 Å². The van der Waals surface area contributed by atoms with Gasteiger partial charge in [-0.25, -0.2) is 0 Å². The highest BCUT2D eigenvalue weighted by molar-refractivity contribution is 6.31. The Kier molecular flexibility index (Phi) is 5.13. The Morgan fingerprint density at radius 3 is 2.68 bits per heavy atom. The van der Waals surface area contributed by atoms with E-state index >= 15 is 0 Å². The molecule has 0 aliphatic rings. The molecular weight excluding hydrogens is 317 g/mol. The summed E-state index contributed by atoms with van der Waals surface area (Å²) in [6.45, 7) is 2.45. The number of ether oxygens (including phenoxy) is 1. The van der Waals surface area contributed by atoms with Crippen LogP contribution in [-0.2, 0) is 12.7 Å². The molecule has 0 bridgehead atoms. The molecule has 118 valence electrons. The number of hydrogen-bond acceptors (Lipinski definition) is 3. The quantitative estimate of drug-likeness (QED) is 0.858. The number of hydrogen-bond donors (Lipinski definition) is 1. The van der Waals surface area contributed by atoms with Gasteiger partial charge in [-0.1, -0.05) is 17.7 Å². The summed E-state index contributed by atoms with van der Waals surface area (Å²) in [4.78, 5) is 4.18. The molecule has 22 heavy (non-hydrogen) atoms. The molecule has 0 saturated heterocycles. The van der Waals surface area contributed by atoms with E-state index in [0.717, 1.165) is 12.1 Å². The van der Waals surface area contributed by atoms with Crippen LogP contribution in [0, 0.1) is 0 Å². The predicted octanol–water partition coefficient (Wildman–Crippen LogP) is 4.76. The van der Waals surface area contributed by atoms with Crippen molar-refractivity contribution in [3.05, 3.63) is 52.5 Å². The fraction of sp³-hybridized carbons (Fsp3) is 0.267. The van der Waals surface area contributed by atoms with Crippen molar-refractivity contribution in [1.82, 2.24) is 4.98 Å². The highest BCUT2D eigenvalue weighted by atomic mass is 35.5. The molecular formula is C15H14ClF3N2O. The summed E-state index contributed by atoms with van der Waals surface area (Å²) in [6, 6.07) is 8.37. The Balaban J connectivity index is 2.12. The van der Waals surface area contributed by atoms with Gasteiger partial charge in [-0.3, -0.25) is 0 Å². The number of nitrogens with zero attached hydrogens (tertiary/aromatic N) is 1. The molecule has 0 spiro atoms. The van der Waals surface area contributed by atoms with Crippen LogP contribution in [0.1, 0.15) is 18.1 Å². The highest BCUT2D eigenvalue weighted by Gasteiger charge is 2.30. The zero-order chi connectivity index (χ0) is 16.2. The first-order chi connectivity index (χ1) is 10.4. The van der Waals surface area contributed by atoms with Gasteiger partial charge >= 0.3 is 6.18 Å². The van der Waals surface area contributed by atoms with Crippen molar-refractivity contribution < 1.29 is 17.9 Å². The molecule has 1 heterocycles. The normalized spacial score (nSPS) is 11.3. The van der Waals surface area contributed by atoms with E-state index in [0.29, 0.717) is 23.9 Å². The second kappa shape index (κ2) is 6.87. The maximum Gasteiger partial charge on any atom is 0.416 e. The van der Waals surface area contributed by atoms with Crippen molar-refractivity contribution in [3.8, 4) is 5.88 Å². The van der Waals surface area contributed by atoms with E-state index in [1.165, 1.54) is 6.07 Å². The lowest BCUT2D eigenvalue weighted by molar-refractivity contribution is -0.137. The van der Waals surface area contributed by atoms with E-state index in [1.807, 2.05) is 6.92 Å². The van der Waals surface area contributed by atoms with Crippen LogP contribution in [0.2, 0.25) is 5.02 Å². The first kappa shape index (κ1) is 16.4. The summed E-state index contributed by atoms with van der Waals surface area (Å²) in [7, 11) is 0. The first-order valence-corrected chi connectivity index (χ1v) is 6.97. The van der Waals surface area contributed by atoms with Crippen LogP contribution in [-0.4, -0.2) is 11.6 Å². The zero-order valence-electron chi connectivity index (χ0n) is 11.7. The number of halogens is 4. The average molecular weight is 331 g/mol. The van der Waals surface area contributed by atoms with E-state index in [1.54, 1.807) is 18.2 Å². The van der Waals surface area contributed by atoms with Gasteiger partial charge in [0.05, 0.1) is 12.2 Å². The van der Waals surface area contributed by atoms with Crippen LogP contribution < -0.4 is 10.1 Å². The molecule has 3 nitrogen and oxygen atoms in total. The van der Waals surface area contributed by atoms with E-state index in [-0.39, 0.29) is 11.6 Å². The fourth-order valence-corrected chi connectivity index (χ4v) is 2.00. The van der Waals surface area contributed by atoms with Crippen LogP contribution in [0.3, 0.4) is 0 Å². The molecule has 0 saturated carbocycles. The maximum absolute atomic E-state index is 12.7. The van der Waals surface area contributed by atoms with E-state index in [4.69, 9.17) is 16.3 Å². The average Bonchev–Trinajstić information content (AvgIpc) is 2.46. The molecule has 0 radical (unpaired) electrons. The Morgan fingerprint density at radius 2 is 2.00 bits per heavy atom. The summed E-state index contributed by atoms with van der Waals surface area (Å²) < 4.78 is 43.4. The largest absolute Gasteiger partial charge is 0.478 e. The van der Waals surface area contributed by atoms with Crippen molar-refractivity contribution >= 4 is 17.4 Å². The smallest absolute Gasteiger partial charge is 0.416 e. The minimum Gasteiger partial charge on any atom is -0.478 e. The number of aromatic nitrogens is 1. The summed E-state index contributed by atoms with van der Waals surface area (Å²) in [5.41, 5.74) is -0.384. The van der Waals surface area contributed by atoms with Crippen LogP contribution in [0.4, 0.5) is 19.0 Å². The van der Waals surface area contributed by atoms with E-state index < -0.39 is 11.7 Å². The van der Waals surface area contributed by atoms with Gasteiger partial charge in [-0.05, 0) is 36.8 Å². The lowest BCUT2D eigenvalue weighted by Crippen LogP contribution is -2.08. The minimum atomic E-state index is -4.40. The van der Waals surface area contributed by atoms with Crippen LogP contribution >= 0.6 is 11.6 Å². The first-order valence-electron chi connectivity index (χ1n) is 6.59. The molecule has 2 aromatic rings.